The molecule has 0 saturated carbocycles. The number of para-hydroxylation sites is 1. The van der Waals surface area contributed by atoms with Crippen molar-refractivity contribution in [1.82, 2.24) is 0 Å². The normalized spacial score (nSPS) is 15.5. The zero-order valence-corrected chi connectivity index (χ0v) is 18.9. The Morgan fingerprint density at radius 1 is 0.909 bits per heavy atom. The molecule has 2 aliphatic heterocycles. The maximum absolute atomic E-state index is 13.9. The number of fused-ring (bicyclic) bond motifs is 1. The van der Waals surface area contributed by atoms with Crippen molar-refractivity contribution in [1.29, 1.82) is 0 Å². The van der Waals surface area contributed by atoms with E-state index in [9.17, 15) is 9.59 Å². The van der Waals surface area contributed by atoms with Gasteiger partial charge >= 0.3 is 0 Å². The number of benzene rings is 3. The molecule has 0 unspecified atom stereocenters. The van der Waals surface area contributed by atoms with Gasteiger partial charge < -0.3 is 9.64 Å². The lowest BCUT2D eigenvalue weighted by atomic mass is 10.0. The van der Waals surface area contributed by atoms with Crippen LogP contribution >= 0.6 is 0 Å². The smallest absolute Gasteiger partial charge is 0.282 e. The van der Waals surface area contributed by atoms with Crippen LogP contribution in [0.25, 0.3) is 5.57 Å². The molecular formula is C28H26N2O3. The van der Waals surface area contributed by atoms with Crippen LogP contribution in [0.2, 0.25) is 0 Å². The highest BCUT2D eigenvalue weighted by Crippen LogP contribution is 2.40. The van der Waals surface area contributed by atoms with E-state index in [2.05, 4.69) is 6.07 Å². The number of amides is 2. The van der Waals surface area contributed by atoms with Gasteiger partial charge in [0.1, 0.15) is 11.4 Å². The first kappa shape index (κ1) is 21.0. The van der Waals surface area contributed by atoms with E-state index >= 15 is 0 Å². The Hall–Kier alpha value is -3.86. The number of nitrogens with zero attached hydrogens (tertiary/aromatic N) is 2. The number of hydrogen-bond acceptors (Lipinski definition) is 4. The first-order valence-electron chi connectivity index (χ1n) is 11.4. The standard InChI is InChI=1S/C28H26N2O3/c1-3-17-33-23-9-6-8-22(18-23)30-27(31)25(21-13-11-19(2)12-14-21)26(28(30)32)29-16-15-20-7-4-5-10-24(20)29/h4-14,18H,3,15-17H2,1-2H3. The third kappa shape index (κ3) is 3.69. The molecule has 0 N–H and O–H groups in total. The van der Waals surface area contributed by atoms with Crippen LogP contribution in [0.1, 0.15) is 30.0 Å². The van der Waals surface area contributed by atoms with Crippen LogP contribution in [0.15, 0.2) is 78.5 Å². The van der Waals surface area contributed by atoms with E-state index in [1.807, 2.05) is 73.3 Å². The highest BCUT2D eigenvalue weighted by molar-refractivity contribution is 6.46. The predicted octanol–water partition coefficient (Wildman–Crippen LogP) is 5.13. The molecule has 3 aromatic rings. The van der Waals surface area contributed by atoms with E-state index in [1.165, 1.54) is 10.5 Å². The summed E-state index contributed by atoms with van der Waals surface area (Å²) in [5.74, 6) is 0.0302. The van der Waals surface area contributed by atoms with Gasteiger partial charge in [-0.25, -0.2) is 4.90 Å². The van der Waals surface area contributed by atoms with Crippen LogP contribution in [-0.4, -0.2) is 25.0 Å². The van der Waals surface area contributed by atoms with Crippen molar-refractivity contribution in [2.24, 2.45) is 0 Å². The van der Waals surface area contributed by atoms with Crippen molar-refractivity contribution in [3.63, 3.8) is 0 Å². The minimum absolute atomic E-state index is 0.306. The maximum atomic E-state index is 13.9. The van der Waals surface area contributed by atoms with Crippen molar-refractivity contribution in [3.05, 3.63) is 95.2 Å². The van der Waals surface area contributed by atoms with Gasteiger partial charge in [0.05, 0.1) is 17.9 Å². The first-order valence-corrected chi connectivity index (χ1v) is 11.4. The van der Waals surface area contributed by atoms with Gasteiger partial charge in [0.2, 0.25) is 0 Å². The fraction of sp³-hybridized carbons (Fsp3) is 0.214. The molecule has 0 bridgehead atoms. The molecule has 5 nitrogen and oxygen atoms in total. The molecule has 166 valence electrons. The summed E-state index contributed by atoms with van der Waals surface area (Å²) < 4.78 is 5.75. The van der Waals surface area contributed by atoms with Gasteiger partial charge in [-0.1, -0.05) is 61.0 Å². The fourth-order valence-electron chi connectivity index (χ4n) is 4.49. The summed E-state index contributed by atoms with van der Waals surface area (Å²) in [4.78, 5) is 30.9. The first-order chi connectivity index (χ1) is 16.1. The summed E-state index contributed by atoms with van der Waals surface area (Å²) in [6.07, 6.45) is 1.71. The van der Waals surface area contributed by atoms with Crippen molar-refractivity contribution in [2.75, 3.05) is 23.0 Å². The van der Waals surface area contributed by atoms with Crippen LogP contribution in [0.5, 0.6) is 5.75 Å². The van der Waals surface area contributed by atoms with Crippen molar-refractivity contribution in [2.45, 2.75) is 26.7 Å². The van der Waals surface area contributed by atoms with Crippen LogP contribution in [0.4, 0.5) is 11.4 Å². The zero-order chi connectivity index (χ0) is 22.9. The lowest BCUT2D eigenvalue weighted by Crippen LogP contribution is -2.34. The largest absolute Gasteiger partial charge is 0.494 e. The van der Waals surface area contributed by atoms with Crippen LogP contribution in [0.3, 0.4) is 0 Å². The molecule has 0 radical (unpaired) electrons. The van der Waals surface area contributed by atoms with E-state index in [4.69, 9.17) is 4.74 Å². The molecule has 2 heterocycles. The molecule has 0 aliphatic carbocycles. The van der Waals surface area contributed by atoms with Gasteiger partial charge in [0.25, 0.3) is 11.8 Å². The summed E-state index contributed by atoms with van der Waals surface area (Å²) in [6, 6.07) is 23.0. The highest BCUT2D eigenvalue weighted by atomic mass is 16.5. The second-order valence-corrected chi connectivity index (χ2v) is 8.41. The Kier molecular flexibility index (Phi) is 5.47. The average Bonchev–Trinajstić information content (AvgIpc) is 3.36. The summed E-state index contributed by atoms with van der Waals surface area (Å²) in [5.41, 5.74) is 5.42. The number of aryl methyl sites for hydroxylation is 1. The topological polar surface area (TPSA) is 49.9 Å². The summed E-state index contributed by atoms with van der Waals surface area (Å²) >= 11 is 0. The number of rotatable bonds is 6. The molecule has 2 amide bonds. The Morgan fingerprint density at radius 3 is 2.48 bits per heavy atom. The number of anilines is 2. The Labute approximate surface area is 193 Å². The lowest BCUT2D eigenvalue weighted by Gasteiger charge is -2.22. The SMILES string of the molecule is CCCOc1cccc(N2C(=O)C(c3ccc(C)cc3)=C(N3CCc4ccccc43)C2=O)c1. The number of hydrogen-bond donors (Lipinski definition) is 0. The monoisotopic (exact) mass is 438 g/mol. The van der Waals surface area contributed by atoms with Crippen molar-refractivity contribution in [3.8, 4) is 5.75 Å². The van der Waals surface area contributed by atoms with E-state index in [0.717, 1.165) is 29.7 Å². The molecule has 2 aliphatic rings. The molecule has 0 spiro atoms. The van der Waals surface area contributed by atoms with Gasteiger partial charge in [-0.3, -0.25) is 9.59 Å². The van der Waals surface area contributed by atoms with E-state index in [0.29, 0.717) is 35.9 Å². The van der Waals surface area contributed by atoms with Crippen LogP contribution in [0, 0.1) is 6.92 Å². The molecule has 5 heteroatoms. The van der Waals surface area contributed by atoms with Crippen LogP contribution < -0.4 is 14.5 Å². The minimum atomic E-state index is -0.309. The van der Waals surface area contributed by atoms with Crippen LogP contribution in [-0.2, 0) is 16.0 Å². The number of carbonyl (C=O) groups is 2. The maximum Gasteiger partial charge on any atom is 0.282 e. The molecule has 0 fully saturated rings. The Balaban J connectivity index is 1.62. The quantitative estimate of drug-likeness (QED) is 0.501. The van der Waals surface area contributed by atoms with Gasteiger partial charge in [0.15, 0.2) is 0 Å². The number of imide groups is 1. The van der Waals surface area contributed by atoms with Gasteiger partial charge in [0, 0.05) is 18.3 Å². The van der Waals surface area contributed by atoms with Gasteiger partial charge in [-0.2, -0.15) is 0 Å². The Morgan fingerprint density at radius 2 is 1.70 bits per heavy atom. The average molecular weight is 439 g/mol. The molecule has 3 aromatic carbocycles. The predicted molar refractivity (Wildman–Crippen MR) is 130 cm³/mol. The molecule has 0 atom stereocenters. The lowest BCUT2D eigenvalue weighted by molar-refractivity contribution is -0.120. The Bertz CT molecular complexity index is 1260. The summed E-state index contributed by atoms with van der Waals surface area (Å²) in [5, 5.41) is 0. The molecule has 0 saturated heterocycles. The third-order valence-corrected chi connectivity index (χ3v) is 6.11. The van der Waals surface area contributed by atoms with E-state index in [-0.39, 0.29) is 11.8 Å². The second-order valence-electron chi connectivity index (χ2n) is 8.41. The summed E-state index contributed by atoms with van der Waals surface area (Å²) in [7, 11) is 0. The third-order valence-electron chi connectivity index (χ3n) is 6.11. The van der Waals surface area contributed by atoms with E-state index < -0.39 is 0 Å². The second kappa shape index (κ2) is 8.58. The molecule has 33 heavy (non-hydrogen) atoms. The van der Waals surface area contributed by atoms with Crippen molar-refractivity contribution >= 4 is 28.8 Å². The van der Waals surface area contributed by atoms with E-state index in [1.54, 1.807) is 12.1 Å². The minimum Gasteiger partial charge on any atom is -0.494 e. The molecule has 0 aromatic heterocycles. The number of ether oxygens (including phenoxy) is 1. The fourth-order valence-corrected chi connectivity index (χ4v) is 4.49. The molecule has 5 rings (SSSR count). The molecular weight excluding hydrogens is 412 g/mol. The van der Waals surface area contributed by atoms with Crippen molar-refractivity contribution < 1.29 is 14.3 Å². The zero-order valence-electron chi connectivity index (χ0n) is 18.9. The number of carbonyl (C=O) groups excluding carboxylic acids is 2. The van der Waals surface area contributed by atoms with Gasteiger partial charge in [-0.05, 0) is 49.1 Å². The summed E-state index contributed by atoms with van der Waals surface area (Å²) in [6.45, 7) is 5.28. The highest BCUT2D eigenvalue weighted by Gasteiger charge is 2.44. The van der Waals surface area contributed by atoms with Gasteiger partial charge in [-0.15, -0.1) is 0 Å².